The van der Waals surface area contributed by atoms with Crippen LogP contribution in [0.3, 0.4) is 0 Å². The fraction of sp³-hybridized carbons (Fsp3) is 0.364. The molecule has 1 aromatic carbocycles. The summed E-state index contributed by atoms with van der Waals surface area (Å²) in [5.74, 6) is 0.229. The molecule has 100 valence electrons. The first-order valence-corrected chi connectivity index (χ1v) is 6.98. The Morgan fingerprint density at radius 2 is 2.26 bits per heavy atom. The highest BCUT2D eigenvalue weighted by Gasteiger charge is 2.22. The van der Waals surface area contributed by atoms with Gasteiger partial charge in [-0.15, -0.1) is 5.10 Å². The van der Waals surface area contributed by atoms with Crippen LogP contribution in [0.5, 0.6) is 0 Å². The van der Waals surface area contributed by atoms with Crippen LogP contribution < -0.4 is 5.32 Å². The van der Waals surface area contributed by atoms with E-state index in [1.54, 1.807) is 0 Å². The van der Waals surface area contributed by atoms with E-state index in [1.165, 1.54) is 29.7 Å². The molecule has 0 radical (unpaired) electrons. The zero-order chi connectivity index (χ0) is 13.4. The molecular weight excluding hydrogens is 337 g/mol. The first kappa shape index (κ1) is 13.0. The van der Waals surface area contributed by atoms with E-state index in [2.05, 4.69) is 36.8 Å². The fourth-order valence-electron chi connectivity index (χ4n) is 1.75. The van der Waals surface area contributed by atoms with Crippen LogP contribution >= 0.6 is 27.5 Å². The molecule has 5 nitrogen and oxygen atoms in total. The molecule has 0 saturated heterocycles. The Kier molecular flexibility index (Phi) is 3.51. The van der Waals surface area contributed by atoms with Crippen molar-refractivity contribution < 1.29 is 4.39 Å². The molecule has 1 aliphatic rings. The molecular formula is C11H10BrClFN5. The van der Waals surface area contributed by atoms with Crippen LogP contribution in [-0.4, -0.2) is 26.2 Å². The minimum absolute atomic E-state index is 0.256. The summed E-state index contributed by atoms with van der Waals surface area (Å²) in [4.78, 5) is 0. The number of nitrogens with zero attached hydrogens (tertiary/aromatic N) is 4. The largest absolute Gasteiger partial charge is 0.307 e. The van der Waals surface area contributed by atoms with Crippen LogP contribution in [0.4, 0.5) is 4.39 Å². The van der Waals surface area contributed by atoms with E-state index in [0.29, 0.717) is 28.6 Å². The van der Waals surface area contributed by atoms with Crippen molar-refractivity contribution in [1.29, 1.82) is 0 Å². The van der Waals surface area contributed by atoms with Crippen molar-refractivity contribution in [2.24, 2.45) is 0 Å². The van der Waals surface area contributed by atoms with Gasteiger partial charge in [0, 0.05) is 10.5 Å². The van der Waals surface area contributed by atoms with Gasteiger partial charge in [0.25, 0.3) is 0 Å². The number of hydrogen-bond donors (Lipinski definition) is 1. The lowest BCUT2D eigenvalue weighted by atomic mass is 10.3. The normalized spacial score (nSPS) is 14.9. The van der Waals surface area contributed by atoms with Gasteiger partial charge in [0.05, 0.1) is 11.6 Å². The summed E-state index contributed by atoms with van der Waals surface area (Å²) in [5, 5.41) is 15.1. The van der Waals surface area contributed by atoms with Crippen LogP contribution in [0.25, 0.3) is 5.69 Å². The minimum atomic E-state index is -0.411. The molecule has 3 rings (SSSR count). The van der Waals surface area contributed by atoms with Crippen molar-refractivity contribution in [3.63, 3.8) is 0 Å². The topological polar surface area (TPSA) is 55.6 Å². The summed E-state index contributed by atoms with van der Waals surface area (Å²) in [6, 6.07) is 3.12. The average Bonchev–Trinajstić information content (AvgIpc) is 3.06. The smallest absolute Gasteiger partial charge is 0.170 e. The van der Waals surface area contributed by atoms with Crippen molar-refractivity contribution in [2.75, 3.05) is 0 Å². The van der Waals surface area contributed by atoms with Gasteiger partial charge in [-0.05, 0) is 51.3 Å². The Morgan fingerprint density at radius 3 is 2.95 bits per heavy atom. The summed E-state index contributed by atoms with van der Waals surface area (Å²) >= 11 is 9.35. The molecule has 1 fully saturated rings. The molecule has 19 heavy (non-hydrogen) atoms. The van der Waals surface area contributed by atoms with Gasteiger partial charge < -0.3 is 5.32 Å². The molecule has 2 aromatic rings. The Bertz CT molecular complexity index is 590. The Morgan fingerprint density at radius 1 is 1.47 bits per heavy atom. The molecule has 0 unspecified atom stereocenters. The SMILES string of the molecule is Fc1cc(Cl)c(-n2nnnc2CNC2CC2)c(Br)c1. The highest BCUT2D eigenvalue weighted by molar-refractivity contribution is 9.10. The maximum atomic E-state index is 13.2. The second-order valence-electron chi connectivity index (χ2n) is 4.38. The van der Waals surface area contributed by atoms with E-state index in [0.717, 1.165) is 0 Å². The molecule has 0 atom stereocenters. The second-order valence-corrected chi connectivity index (χ2v) is 5.64. The number of benzene rings is 1. The molecule has 8 heteroatoms. The number of tetrazole rings is 1. The number of hydrogen-bond acceptors (Lipinski definition) is 4. The van der Waals surface area contributed by atoms with E-state index < -0.39 is 5.82 Å². The van der Waals surface area contributed by atoms with Gasteiger partial charge in [-0.3, -0.25) is 0 Å². The van der Waals surface area contributed by atoms with Gasteiger partial charge in [-0.25, -0.2) is 4.39 Å². The van der Waals surface area contributed by atoms with Crippen molar-refractivity contribution >= 4 is 27.5 Å². The standard InChI is InChI=1S/C11H10BrClFN5/c12-8-3-6(14)4-9(13)11(8)19-10(16-17-18-19)5-15-7-1-2-7/h3-4,7,15H,1-2,5H2. The molecule has 0 spiro atoms. The van der Waals surface area contributed by atoms with Crippen LogP contribution in [0, 0.1) is 5.82 Å². The van der Waals surface area contributed by atoms with Gasteiger partial charge in [0.1, 0.15) is 11.5 Å². The van der Waals surface area contributed by atoms with E-state index in [4.69, 9.17) is 11.6 Å². The zero-order valence-corrected chi connectivity index (χ0v) is 12.1. The number of nitrogens with one attached hydrogen (secondary N) is 1. The lowest BCUT2D eigenvalue weighted by Gasteiger charge is -2.09. The second kappa shape index (κ2) is 5.15. The summed E-state index contributed by atoms with van der Waals surface area (Å²) in [6.07, 6.45) is 2.37. The number of aromatic nitrogens is 4. The van der Waals surface area contributed by atoms with Crippen molar-refractivity contribution in [3.8, 4) is 5.69 Å². The molecule has 1 heterocycles. The average molecular weight is 347 g/mol. The summed E-state index contributed by atoms with van der Waals surface area (Å²) in [7, 11) is 0. The van der Waals surface area contributed by atoms with E-state index in [1.807, 2.05) is 0 Å². The maximum absolute atomic E-state index is 13.2. The zero-order valence-electron chi connectivity index (χ0n) is 9.78. The minimum Gasteiger partial charge on any atom is -0.307 e. The Labute approximate surface area is 122 Å². The van der Waals surface area contributed by atoms with Crippen LogP contribution in [-0.2, 0) is 6.54 Å². The third-order valence-electron chi connectivity index (χ3n) is 2.85. The molecule has 0 amide bonds. The molecule has 0 aliphatic heterocycles. The van der Waals surface area contributed by atoms with Gasteiger partial charge in [0.2, 0.25) is 0 Å². The van der Waals surface area contributed by atoms with Crippen molar-refractivity contribution in [2.45, 2.75) is 25.4 Å². The van der Waals surface area contributed by atoms with E-state index in [9.17, 15) is 4.39 Å². The summed E-state index contributed by atoms with van der Waals surface area (Å²) < 4.78 is 15.3. The van der Waals surface area contributed by atoms with Crippen molar-refractivity contribution in [1.82, 2.24) is 25.5 Å². The monoisotopic (exact) mass is 345 g/mol. The first-order valence-electron chi connectivity index (χ1n) is 5.80. The third kappa shape index (κ3) is 2.77. The van der Waals surface area contributed by atoms with Gasteiger partial charge in [0.15, 0.2) is 5.82 Å². The van der Waals surface area contributed by atoms with E-state index >= 15 is 0 Å². The molecule has 1 aliphatic carbocycles. The fourth-order valence-corrected chi connectivity index (χ4v) is 2.75. The van der Waals surface area contributed by atoms with Gasteiger partial charge >= 0.3 is 0 Å². The predicted octanol–water partition coefficient (Wildman–Crippen LogP) is 2.47. The maximum Gasteiger partial charge on any atom is 0.170 e. The Balaban J connectivity index is 1.95. The summed E-state index contributed by atoms with van der Waals surface area (Å²) in [5.41, 5.74) is 0.542. The molecule has 1 saturated carbocycles. The highest BCUT2D eigenvalue weighted by atomic mass is 79.9. The van der Waals surface area contributed by atoms with Crippen LogP contribution in [0.15, 0.2) is 16.6 Å². The number of halogens is 3. The highest BCUT2D eigenvalue weighted by Crippen LogP contribution is 2.30. The van der Waals surface area contributed by atoms with Gasteiger partial charge in [-0.2, -0.15) is 4.68 Å². The Hall–Kier alpha value is -1.05. The summed E-state index contributed by atoms with van der Waals surface area (Å²) in [6.45, 7) is 0.553. The third-order valence-corrected chi connectivity index (χ3v) is 3.75. The van der Waals surface area contributed by atoms with Crippen molar-refractivity contribution in [3.05, 3.63) is 33.3 Å². The van der Waals surface area contributed by atoms with E-state index in [-0.39, 0.29) is 5.02 Å². The predicted molar refractivity (Wildman–Crippen MR) is 71.7 cm³/mol. The quantitative estimate of drug-likeness (QED) is 0.924. The number of rotatable bonds is 4. The molecule has 1 N–H and O–H groups in total. The van der Waals surface area contributed by atoms with Crippen LogP contribution in [0.1, 0.15) is 18.7 Å². The lowest BCUT2D eigenvalue weighted by Crippen LogP contribution is -2.19. The molecule has 0 bridgehead atoms. The van der Waals surface area contributed by atoms with Crippen LogP contribution in [0.2, 0.25) is 5.02 Å². The molecule has 1 aromatic heterocycles. The van der Waals surface area contributed by atoms with Gasteiger partial charge in [-0.1, -0.05) is 11.6 Å². The first-order chi connectivity index (χ1) is 9.15. The lowest BCUT2D eigenvalue weighted by molar-refractivity contribution is 0.621.